The molecule has 1 N–H and O–H groups in total. The number of carbonyl (C=O) groups excluding carboxylic acids is 1. The van der Waals surface area contributed by atoms with E-state index in [0.29, 0.717) is 39.5 Å². The van der Waals surface area contributed by atoms with E-state index in [9.17, 15) is 9.59 Å². The van der Waals surface area contributed by atoms with Gasteiger partial charge in [0.15, 0.2) is 0 Å². The Bertz CT molecular complexity index is 1840. The minimum Gasteiger partial charge on any atom is -0.497 e. The highest BCUT2D eigenvalue weighted by atomic mass is 79.9. The van der Waals surface area contributed by atoms with Crippen molar-refractivity contribution in [2.24, 2.45) is 5.10 Å². The molecule has 6 rings (SSSR count). The van der Waals surface area contributed by atoms with E-state index in [0.717, 1.165) is 26.5 Å². The molecule has 5 aromatic rings. The molecule has 6 nitrogen and oxygen atoms in total. The van der Waals surface area contributed by atoms with Crippen molar-refractivity contribution in [3.8, 4) is 16.9 Å². The minimum absolute atomic E-state index is 0.266. The Morgan fingerprint density at radius 3 is 2.48 bits per heavy atom. The molecule has 0 saturated heterocycles. The quantitative estimate of drug-likeness (QED) is 0.222. The van der Waals surface area contributed by atoms with Crippen LogP contribution in [-0.2, 0) is 0 Å². The van der Waals surface area contributed by atoms with Crippen molar-refractivity contribution in [2.75, 3.05) is 7.11 Å². The van der Waals surface area contributed by atoms with Gasteiger partial charge in [-0.05, 0) is 59.7 Å². The summed E-state index contributed by atoms with van der Waals surface area (Å²) in [6.07, 6.45) is 0.348. The van der Waals surface area contributed by atoms with Crippen molar-refractivity contribution >= 4 is 50.1 Å². The molecule has 0 aliphatic carbocycles. The fourth-order valence-electron chi connectivity index (χ4n) is 5.13. The molecule has 1 amide bonds. The number of H-pyrrole nitrogens is 1. The Hall–Kier alpha value is -4.20. The number of nitrogens with one attached hydrogen (secondary N) is 1. The number of nitrogens with zero attached hydrogens (tertiary/aromatic N) is 2. The zero-order valence-corrected chi connectivity index (χ0v) is 23.7. The van der Waals surface area contributed by atoms with Crippen LogP contribution in [0.5, 0.6) is 5.75 Å². The maximum absolute atomic E-state index is 13.8. The highest BCUT2D eigenvalue weighted by Gasteiger charge is 2.36. The maximum atomic E-state index is 13.8. The molecule has 0 unspecified atom stereocenters. The van der Waals surface area contributed by atoms with Crippen LogP contribution in [0.15, 0.2) is 111 Å². The number of hydrazone groups is 1. The average Bonchev–Trinajstić information content (AvgIpc) is 3.41. The Morgan fingerprint density at radius 1 is 0.975 bits per heavy atom. The molecule has 0 spiro atoms. The van der Waals surface area contributed by atoms with Crippen LogP contribution in [0.25, 0.3) is 22.0 Å². The molecular formula is C32H23BrClN3O3. The first kappa shape index (κ1) is 26.0. The zero-order valence-electron chi connectivity index (χ0n) is 21.4. The van der Waals surface area contributed by atoms with Crippen LogP contribution in [-0.4, -0.2) is 28.7 Å². The predicted octanol–water partition coefficient (Wildman–Crippen LogP) is 7.61. The van der Waals surface area contributed by atoms with Gasteiger partial charge in [-0.15, -0.1) is 0 Å². The van der Waals surface area contributed by atoms with E-state index in [1.807, 2.05) is 72.8 Å². The van der Waals surface area contributed by atoms with Crippen molar-refractivity contribution in [3.63, 3.8) is 0 Å². The van der Waals surface area contributed by atoms with Gasteiger partial charge in [-0.25, -0.2) is 5.01 Å². The van der Waals surface area contributed by atoms with Gasteiger partial charge in [0.05, 0.1) is 24.4 Å². The van der Waals surface area contributed by atoms with Crippen LogP contribution in [0.2, 0.25) is 5.02 Å². The number of rotatable bonds is 5. The third kappa shape index (κ3) is 4.83. The monoisotopic (exact) mass is 611 g/mol. The van der Waals surface area contributed by atoms with Crippen molar-refractivity contribution in [3.05, 3.63) is 134 Å². The second-order valence-electron chi connectivity index (χ2n) is 9.46. The Balaban J connectivity index is 1.56. The number of benzene rings is 4. The van der Waals surface area contributed by atoms with Gasteiger partial charge in [-0.1, -0.05) is 76.1 Å². The van der Waals surface area contributed by atoms with Gasteiger partial charge in [-0.3, -0.25) is 9.59 Å². The normalized spacial score (nSPS) is 14.8. The van der Waals surface area contributed by atoms with E-state index in [4.69, 9.17) is 21.4 Å². The fourth-order valence-corrected chi connectivity index (χ4v) is 5.68. The highest BCUT2D eigenvalue weighted by Crippen LogP contribution is 2.38. The molecule has 0 radical (unpaired) electrons. The number of carbonyl (C=O) groups is 1. The van der Waals surface area contributed by atoms with E-state index < -0.39 is 6.04 Å². The summed E-state index contributed by atoms with van der Waals surface area (Å²) in [5, 5.41) is 7.63. The van der Waals surface area contributed by atoms with Crippen molar-refractivity contribution in [2.45, 2.75) is 12.5 Å². The number of hydrogen-bond acceptors (Lipinski definition) is 4. The second kappa shape index (κ2) is 10.8. The second-order valence-corrected chi connectivity index (χ2v) is 10.8. The molecule has 4 aromatic carbocycles. The summed E-state index contributed by atoms with van der Waals surface area (Å²) in [6, 6.07) is 29.4. The topological polar surface area (TPSA) is 74.8 Å². The summed E-state index contributed by atoms with van der Waals surface area (Å²) in [5.74, 6) is 0.401. The highest BCUT2D eigenvalue weighted by molar-refractivity contribution is 9.10. The van der Waals surface area contributed by atoms with Crippen molar-refractivity contribution < 1.29 is 9.53 Å². The lowest BCUT2D eigenvalue weighted by Gasteiger charge is -2.22. The van der Waals surface area contributed by atoms with Gasteiger partial charge >= 0.3 is 0 Å². The van der Waals surface area contributed by atoms with E-state index in [1.54, 1.807) is 31.4 Å². The standard InChI is InChI=1S/C32H23BrClN3O3/c1-40-24-13-10-19(11-14-24)28-18-27(36-37(28)32(39)21-8-5-9-23(34)16-21)30-29(20-6-3-2-4-7-20)25-17-22(33)12-15-26(25)35-31(30)38/h2-17,28H,18H2,1H3,(H,35,38)/t28-/m0/s1. The largest absolute Gasteiger partial charge is 0.497 e. The summed E-state index contributed by atoms with van der Waals surface area (Å²) in [5.41, 5.74) is 4.35. The number of fused-ring (bicyclic) bond motifs is 1. The summed E-state index contributed by atoms with van der Waals surface area (Å²) in [7, 11) is 1.61. The van der Waals surface area contributed by atoms with Crippen molar-refractivity contribution in [1.82, 2.24) is 9.99 Å². The Kier molecular flexibility index (Phi) is 7.00. The molecule has 1 atom stereocenters. The molecule has 8 heteroatoms. The number of aromatic amines is 1. The summed E-state index contributed by atoms with van der Waals surface area (Å²) >= 11 is 9.80. The third-order valence-electron chi connectivity index (χ3n) is 7.02. The van der Waals surface area contributed by atoms with Crippen LogP contribution < -0.4 is 10.3 Å². The lowest BCUT2D eigenvalue weighted by Crippen LogP contribution is -2.27. The maximum Gasteiger partial charge on any atom is 0.274 e. The van der Waals surface area contributed by atoms with Gasteiger partial charge in [0.2, 0.25) is 0 Å². The number of amides is 1. The molecule has 40 heavy (non-hydrogen) atoms. The zero-order chi connectivity index (χ0) is 27.8. The minimum atomic E-state index is -0.436. The molecule has 1 aliphatic heterocycles. The van der Waals surface area contributed by atoms with Crippen LogP contribution in [0, 0.1) is 0 Å². The van der Waals surface area contributed by atoms with Crippen molar-refractivity contribution in [1.29, 1.82) is 0 Å². The first-order valence-corrected chi connectivity index (χ1v) is 13.8. The number of pyridine rings is 1. The molecule has 0 saturated carbocycles. The smallest absolute Gasteiger partial charge is 0.274 e. The SMILES string of the molecule is COc1ccc([C@@H]2CC(c3c(-c4ccccc4)c4cc(Br)ccc4[nH]c3=O)=NN2C(=O)c2cccc(Cl)c2)cc1. The van der Waals surface area contributed by atoms with Crippen LogP contribution in [0.4, 0.5) is 0 Å². The van der Waals surface area contributed by atoms with Gasteiger partial charge in [0, 0.05) is 37.9 Å². The number of methoxy groups -OCH3 is 1. The van der Waals surface area contributed by atoms with Crippen LogP contribution in [0.3, 0.4) is 0 Å². The van der Waals surface area contributed by atoms with Crippen LogP contribution >= 0.6 is 27.5 Å². The van der Waals surface area contributed by atoms with Crippen LogP contribution in [0.1, 0.15) is 33.9 Å². The molecule has 0 fully saturated rings. The van der Waals surface area contributed by atoms with E-state index in [1.165, 1.54) is 5.01 Å². The van der Waals surface area contributed by atoms with Gasteiger partial charge in [0.1, 0.15) is 5.75 Å². The fraction of sp³-hybridized carbons (Fsp3) is 0.0938. The number of aromatic nitrogens is 1. The average molecular weight is 613 g/mol. The molecular weight excluding hydrogens is 590 g/mol. The Labute approximate surface area is 244 Å². The molecule has 1 aliphatic rings. The summed E-state index contributed by atoms with van der Waals surface area (Å²) in [6.45, 7) is 0. The van der Waals surface area contributed by atoms with E-state index >= 15 is 0 Å². The first-order chi connectivity index (χ1) is 19.4. The van der Waals surface area contributed by atoms with Gasteiger partial charge < -0.3 is 9.72 Å². The molecule has 1 aromatic heterocycles. The predicted molar refractivity (Wildman–Crippen MR) is 162 cm³/mol. The van der Waals surface area contributed by atoms with Gasteiger partial charge in [-0.2, -0.15) is 5.10 Å². The molecule has 2 heterocycles. The molecule has 0 bridgehead atoms. The number of halogens is 2. The van der Waals surface area contributed by atoms with E-state index in [2.05, 4.69) is 20.9 Å². The lowest BCUT2D eigenvalue weighted by molar-refractivity contribution is 0.0711. The first-order valence-electron chi connectivity index (χ1n) is 12.6. The number of hydrogen-bond donors (Lipinski definition) is 1. The molecule has 198 valence electrons. The lowest BCUT2D eigenvalue weighted by atomic mass is 9.91. The third-order valence-corrected chi connectivity index (χ3v) is 7.75. The number of ether oxygens (including phenoxy) is 1. The Morgan fingerprint density at radius 2 is 1.75 bits per heavy atom. The summed E-state index contributed by atoms with van der Waals surface area (Å²) in [4.78, 5) is 30.6. The summed E-state index contributed by atoms with van der Waals surface area (Å²) < 4.78 is 6.22. The van der Waals surface area contributed by atoms with E-state index in [-0.39, 0.29) is 11.5 Å². The van der Waals surface area contributed by atoms with Gasteiger partial charge in [0.25, 0.3) is 11.5 Å².